The molecule has 2 aliphatic heterocycles. The lowest BCUT2D eigenvalue weighted by atomic mass is 9.48. The van der Waals surface area contributed by atoms with Gasteiger partial charge in [-0.2, -0.15) is 8.42 Å². The number of piperidine rings is 1. The fourth-order valence-electron chi connectivity index (χ4n) is 7.34. The summed E-state index contributed by atoms with van der Waals surface area (Å²) >= 11 is 0. The van der Waals surface area contributed by atoms with Crippen LogP contribution in [-0.4, -0.2) is 102 Å². The number of methoxy groups -OCH3 is 1. The van der Waals surface area contributed by atoms with E-state index in [0.717, 1.165) is 49.1 Å². The zero-order chi connectivity index (χ0) is 28.3. The number of phenolic OH excluding ortho intramolecular Hbond substituents is 1. The van der Waals surface area contributed by atoms with Crippen molar-refractivity contribution in [2.24, 2.45) is 5.92 Å². The average Bonchev–Trinajstić information content (AvgIpc) is 3.61. The first kappa shape index (κ1) is 27.9. The first-order chi connectivity index (χ1) is 18.3. The van der Waals surface area contributed by atoms with Gasteiger partial charge in [0.2, 0.25) is 5.91 Å². The van der Waals surface area contributed by atoms with Gasteiger partial charge in [-0.05, 0) is 62.6 Å². The molecule has 214 valence electrons. The Bertz CT molecular complexity index is 1300. The molecule has 3 fully saturated rings. The number of likely N-dealkylation sites (tertiary alicyclic amines) is 1. The molecule has 1 aromatic carbocycles. The zero-order valence-electron chi connectivity index (χ0n) is 22.4. The minimum Gasteiger partial charge on any atom is -0.504 e. The van der Waals surface area contributed by atoms with Crippen molar-refractivity contribution in [3.8, 4) is 11.5 Å². The van der Waals surface area contributed by atoms with Crippen molar-refractivity contribution in [3.05, 3.63) is 35.4 Å². The monoisotopic (exact) mass is 564 g/mol. The molecule has 12 heteroatoms. The molecule has 2 bridgehead atoms. The summed E-state index contributed by atoms with van der Waals surface area (Å²) in [6.45, 7) is 1.89. The summed E-state index contributed by atoms with van der Waals surface area (Å²) in [7, 11) is -0.685. The van der Waals surface area contributed by atoms with E-state index in [1.54, 1.807) is 18.0 Å². The number of rotatable bonds is 5. The van der Waals surface area contributed by atoms with Crippen molar-refractivity contribution < 1.29 is 42.2 Å². The van der Waals surface area contributed by atoms with E-state index >= 15 is 0 Å². The fourth-order valence-corrected chi connectivity index (χ4v) is 7.34. The van der Waals surface area contributed by atoms with Crippen molar-refractivity contribution in [1.82, 2.24) is 9.80 Å². The minimum absolute atomic E-state index is 0.00267. The van der Waals surface area contributed by atoms with Crippen LogP contribution in [0, 0.1) is 5.92 Å². The van der Waals surface area contributed by atoms with E-state index in [2.05, 4.69) is 9.64 Å². The molecule has 1 aromatic rings. The molecule has 0 aromatic heterocycles. The second kappa shape index (κ2) is 9.76. The molecule has 1 saturated heterocycles. The first-order valence-electron chi connectivity index (χ1n) is 13.2. The number of likely N-dealkylation sites (N-methyl/N-ethyl adjacent to an activating group) is 1. The number of carbonyl (C=O) groups excluding carboxylic acids is 2. The molecule has 0 radical (unpaired) electrons. The topological polar surface area (TPSA) is 154 Å². The predicted octanol–water partition coefficient (Wildman–Crippen LogP) is 1.02. The molecule has 11 nitrogen and oxygen atoms in total. The quantitative estimate of drug-likeness (QED) is 0.268. The maximum atomic E-state index is 12.9. The summed E-state index contributed by atoms with van der Waals surface area (Å²) in [6.07, 6.45) is 7.71. The molecule has 2 saturated carbocycles. The first-order valence-corrected chi connectivity index (χ1v) is 15.1. The lowest BCUT2D eigenvalue weighted by molar-refractivity contribution is -0.200. The van der Waals surface area contributed by atoms with E-state index in [1.165, 1.54) is 26.0 Å². The normalized spacial score (nSPS) is 32.5. The summed E-state index contributed by atoms with van der Waals surface area (Å²) in [5.74, 6) is 0.372. The Balaban J connectivity index is 0.000000567. The van der Waals surface area contributed by atoms with Gasteiger partial charge in [0.15, 0.2) is 11.5 Å². The van der Waals surface area contributed by atoms with E-state index in [4.69, 9.17) is 9.29 Å². The van der Waals surface area contributed by atoms with Crippen LogP contribution >= 0.6 is 0 Å². The van der Waals surface area contributed by atoms with Gasteiger partial charge in [0, 0.05) is 37.3 Å². The van der Waals surface area contributed by atoms with Crippen LogP contribution in [0.15, 0.2) is 24.3 Å². The van der Waals surface area contributed by atoms with Gasteiger partial charge in [-0.1, -0.05) is 6.07 Å². The van der Waals surface area contributed by atoms with Crippen LogP contribution in [0.1, 0.15) is 43.2 Å². The summed E-state index contributed by atoms with van der Waals surface area (Å²) in [5.41, 5.74) is 0.408. The number of phenols is 1. The highest BCUT2D eigenvalue weighted by molar-refractivity contribution is 7.85. The van der Waals surface area contributed by atoms with Crippen LogP contribution in [0.3, 0.4) is 0 Å². The number of carbonyl (C=O) groups is 2. The standard InChI is InChI=1S/C26H32N2O6.CH4O3S/c1-27(20(30)7-8-21(31)33-2)17-9-10-26(32)19-13-16-5-6-18(29)23-22(16)25(26,24(17)34-23)11-12-28(19)14-15-3-4-15;1-5(2,3)4/h5-8,15,17,19,24,29,32H,3-4,9-14H2,1-2H3;1H3,(H,2,3,4)/b8-7+;/t17-,19-,24+,25+,26-;/m1./s1. The molecule has 5 atom stereocenters. The van der Waals surface area contributed by atoms with Gasteiger partial charge >= 0.3 is 5.97 Å². The predicted molar refractivity (Wildman–Crippen MR) is 140 cm³/mol. The third-order valence-electron chi connectivity index (χ3n) is 9.14. The van der Waals surface area contributed by atoms with Gasteiger partial charge in [0.05, 0.1) is 30.4 Å². The number of ether oxygens (including phenoxy) is 2. The number of hydrogen-bond acceptors (Lipinski definition) is 9. The van der Waals surface area contributed by atoms with Gasteiger partial charge in [0.1, 0.15) is 6.10 Å². The lowest BCUT2D eigenvalue weighted by Gasteiger charge is -2.64. The van der Waals surface area contributed by atoms with Crippen LogP contribution in [0.2, 0.25) is 0 Å². The number of amides is 1. The van der Waals surface area contributed by atoms with E-state index in [1.807, 2.05) is 6.07 Å². The van der Waals surface area contributed by atoms with Crippen molar-refractivity contribution in [1.29, 1.82) is 0 Å². The molecule has 5 aliphatic rings. The SMILES string of the molecule is COC(=O)/C=C/C(=O)N(C)[C@@H]1CC[C@@]2(O)[C@H]3Cc4ccc(O)c5c4[C@@]2(CCN3CC2CC2)[C@H]1O5.CS(=O)(=O)O. The highest BCUT2D eigenvalue weighted by Crippen LogP contribution is 2.66. The second-order valence-electron chi connectivity index (χ2n) is 11.4. The zero-order valence-corrected chi connectivity index (χ0v) is 23.2. The number of benzene rings is 1. The van der Waals surface area contributed by atoms with Crippen LogP contribution in [0.5, 0.6) is 11.5 Å². The number of aliphatic hydroxyl groups is 1. The lowest BCUT2D eigenvalue weighted by Crippen LogP contribution is -2.78. The summed E-state index contributed by atoms with van der Waals surface area (Å²) in [6, 6.07) is 3.36. The van der Waals surface area contributed by atoms with Gasteiger partial charge in [-0.3, -0.25) is 14.2 Å². The minimum atomic E-state index is -3.67. The number of aromatic hydroxyl groups is 1. The maximum absolute atomic E-state index is 12.9. The molecule has 0 unspecified atom stereocenters. The summed E-state index contributed by atoms with van der Waals surface area (Å²) in [5, 5.41) is 23.2. The molecule has 39 heavy (non-hydrogen) atoms. The van der Waals surface area contributed by atoms with Crippen LogP contribution in [0.25, 0.3) is 0 Å². The smallest absolute Gasteiger partial charge is 0.330 e. The summed E-state index contributed by atoms with van der Waals surface area (Å²) < 4.78 is 37.0. The van der Waals surface area contributed by atoms with E-state index < -0.39 is 33.2 Å². The fraction of sp³-hybridized carbons (Fsp3) is 0.630. The molecular formula is C27H36N2O9S. The molecule has 6 rings (SSSR count). The van der Waals surface area contributed by atoms with Gasteiger partial charge < -0.3 is 24.6 Å². The molecule has 2 heterocycles. The Labute approximate surface area is 228 Å². The molecule has 3 aliphatic carbocycles. The third-order valence-corrected chi connectivity index (χ3v) is 9.14. The Morgan fingerprint density at radius 2 is 1.92 bits per heavy atom. The Morgan fingerprint density at radius 1 is 1.23 bits per heavy atom. The summed E-state index contributed by atoms with van der Waals surface area (Å²) in [4.78, 5) is 28.5. The Hall–Kier alpha value is -2.67. The maximum Gasteiger partial charge on any atom is 0.330 e. The van der Waals surface area contributed by atoms with Crippen molar-refractivity contribution in [3.63, 3.8) is 0 Å². The van der Waals surface area contributed by atoms with Crippen molar-refractivity contribution in [2.75, 3.05) is 33.5 Å². The second-order valence-corrected chi connectivity index (χ2v) is 12.9. The largest absolute Gasteiger partial charge is 0.504 e. The van der Waals surface area contributed by atoms with E-state index in [0.29, 0.717) is 24.8 Å². The molecule has 1 spiro atoms. The third kappa shape index (κ3) is 4.71. The number of esters is 1. The van der Waals surface area contributed by atoms with Crippen LogP contribution < -0.4 is 4.74 Å². The highest BCUT2D eigenvalue weighted by atomic mass is 32.2. The van der Waals surface area contributed by atoms with Gasteiger partial charge in [-0.25, -0.2) is 4.79 Å². The highest BCUT2D eigenvalue weighted by Gasteiger charge is 2.73. The van der Waals surface area contributed by atoms with Crippen LogP contribution in [-0.2, 0) is 36.3 Å². The van der Waals surface area contributed by atoms with Gasteiger partial charge in [-0.15, -0.1) is 0 Å². The van der Waals surface area contributed by atoms with E-state index in [9.17, 15) is 28.2 Å². The number of nitrogens with zero attached hydrogens (tertiary/aromatic N) is 2. The molecule has 1 amide bonds. The van der Waals surface area contributed by atoms with Crippen LogP contribution in [0.4, 0.5) is 0 Å². The average molecular weight is 565 g/mol. The molecular weight excluding hydrogens is 528 g/mol. The van der Waals surface area contributed by atoms with Crippen molar-refractivity contribution >= 4 is 22.0 Å². The Morgan fingerprint density at radius 3 is 2.56 bits per heavy atom. The Kier molecular flexibility index (Phi) is 6.97. The van der Waals surface area contributed by atoms with Crippen molar-refractivity contribution in [2.45, 2.75) is 67.7 Å². The molecule has 3 N–H and O–H groups in total. The van der Waals surface area contributed by atoms with E-state index in [-0.39, 0.29) is 23.7 Å². The number of hydrogen-bond donors (Lipinski definition) is 3. The van der Waals surface area contributed by atoms with Gasteiger partial charge in [0.25, 0.3) is 10.1 Å².